The van der Waals surface area contributed by atoms with Gasteiger partial charge >= 0.3 is 12.4 Å². The summed E-state index contributed by atoms with van der Waals surface area (Å²) in [5.74, 6) is 0. The van der Waals surface area contributed by atoms with Gasteiger partial charge < -0.3 is 0 Å². The first-order chi connectivity index (χ1) is 10.5. The number of halogens is 6. The molecule has 0 spiro atoms. The lowest BCUT2D eigenvalue weighted by molar-refractivity contribution is -0.137. The number of aryl methyl sites for hydroxylation is 2. The van der Waals surface area contributed by atoms with Gasteiger partial charge in [0.25, 0.3) is 0 Å². The van der Waals surface area contributed by atoms with Crippen LogP contribution in [0.1, 0.15) is 22.3 Å². The van der Waals surface area contributed by atoms with Gasteiger partial charge in [-0.2, -0.15) is 26.3 Å². The third-order valence-corrected chi connectivity index (χ3v) is 3.42. The van der Waals surface area contributed by atoms with E-state index in [1.807, 2.05) is 0 Å². The number of rotatable bonds is 2. The summed E-state index contributed by atoms with van der Waals surface area (Å²) in [6, 6.07) is 7.74. The molecule has 0 aliphatic heterocycles. The van der Waals surface area contributed by atoms with Crippen LogP contribution in [0.2, 0.25) is 0 Å². The minimum absolute atomic E-state index is 0.0414. The summed E-state index contributed by atoms with van der Waals surface area (Å²) < 4.78 is 78.0. The quantitative estimate of drug-likeness (QED) is 0.583. The Morgan fingerprint density at radius 2 is 1.26 bits per heavy atom. The van der Waals surface area contributed by atoms with Gasteiger partial charge in [0.2, 0.25) is 0 Å². The molecule has 2 aromatic carbocycles. The third-order valence-electron chi connectivity index (χ3n) is 3.42. The molecule has 0 unspecified atom stereocenters. The van der Waals surface area contributed by atoms with E-state index in [1.165, 1.54) is 37.3 Å². The second kappa shape index (κ2) is 5.91. The lowest BCUT2D eigenvalue weighted by atomic mass is 9.91. The molecule has 2 aromatic rings. The molecule has 0 aliphatic rings. The van der Waals surface area contributed by atoms with Crippen molar-refractivity contribution in [1.82, 2.24) is 0 Å². The molecule has 0 amide bonds. The highest BCUT2D eigenvalue weighted by Crippen LogP contribution is 2.40. The first kappa shape index (κ1) is 17.4. The summed E-state index contributed by atoms with van der Waals surface area (Å²) in [6.07, 6.45) is -10.4. The minimum Gasteiger partial charge on any atom is -0.171 e. The first-order valence-corrected chi connectivity index (χ1v) is 6.82. The van der Waals surface area contributed by atoms with Crippen LogP contribution >= 0.6 is 0 Å². The second-order valence-electron chi connectivity index (χ2n) is 5.50. The van der Waals surface area contributed by atoms with Gasteiger partial charge in [0.1, 0.15) is 0 Å². The summed E-state index contributed by atoms with van der Waals surface area (Å²) in [7, 11) is 0. The van der Waals surface area contributed by atoms with Crippen LogP contribution in [0.3, 0.4) is 0 Å². The largest absolute Gasteiger partial charge is 0.417 e. The van der Waals surface area contributed by atoms with Crippen molar-refractivity contribution in [1.29, 1.82) is 0 Å². The molecule has 0 aromatic heterocycles. The van der Waals surface area contributed by atoms with E-state index >= 15 is 0 Å². The zero-order valence-electron chi connectivity index (χ0n) is 12.4. The number of alkyl halides is 6. The van der Waals surface area contributed by atoms with E-state index < -0.39 is 24.3 Å². The molecular formula is C17H14F6. The lowest BCUT2D eigenvalue weighted by Gasteiger charge is -2.18. The van der Waals surface area contributed by atoms with Crippen molar-refractivity contribution in [2.45, 2.75) is 32.6 Å². The highest BCUT2D eigenvalue weighted by molar-refractivity contribution is 5.72. The van der Waals surface area contributed by atoms with Crippen molar-refractivity contribution < 1.29 is 26.3 Å². The van der Waals surface area contributed by atoms with E-state index in [9.17, 15) is 26.3 Å². The maximum atomic E-state index is 13.2. The monoisotopic (exact) mass is 332 g/mol. The predicted octanol–water partition coefficient (Wildman–Crippen LogP) is 6.09. The predicted molar refractivity (Wildman–Crippen MR) is 76.1 cm³/mol. The van der Waals surface area contributed by atoms with Gasteiger partial charge in [0.05, 0.1) is 12.0 Å². The molecule has 0 saturated heterocycles. The maximum absolute atomic E-state index is 13.2. The molecule has 0 N–H and O–H groups in total. The number of hydrogen-bond donors (Lipinski definition) is 0. The lowest BCUT2D eigenvalue weighted by Crippen LogP contribution is -2.14. The van der Waals surface area contributed by atoms with Crippen LogP contribution in [-0.2, 0) is 12.6 Å². The highest BCUT2D eigenvalue weighted by atomic mass is 19.4. The molecule has 6 heteroatoms. The van der Waals surface area contributed by atoms with Crippen molar-refractivity contribution in [3.63, 3.8) is 0 Å². The molecule has 0 nitrogen and oxygen atoms in total. The van der Waals surface area contributed by atoms with E-state index in [-0.39, 0.29) is 16.7 Å². The van der Waals surface area contributed by atoms with Crippen LogP contribution in [-0.4, -0.2) is 6.18 Å². The molecule has 0 heterocycles. The highest BCUT2D eigenvalue weighted by Gasteiger charge is 2.35. The Bertz CT molecular complexity index is 710. The van der Waals surface area contributed by atoms with E-state index in [2.05, 4.69) is 0 Å². The molecule has 0 bridgehead atoms. The molecular weight excluding hydrogens is 318 g/mol. The van der Waals surface area contributed by atoms with Gasteiger partial charge in [-0.1, -0.05) is 41.5 Å². The Labute approximate surface area is 129 Å². The van der Waals surface area contributed by atoms with E-state index in [1.54, 1.807) is 6.92 Å². The molecule has 124 valence electrons. The van der Waals surface area contributed by atoms with Crippen LogP contribution in [0.15, 0.2) is 36.4 Å². The van der Waals surface area contributed by atoms with Crippen molar-refractivity contribution in [2.24, 2.45) is 0 Å². The smallest absolute Gasteiger partial charge is 0.171 e. The van der Waals surface area contributed by atoms with Crippen LogP contribution in [0.4, 0.5) is 26.3 Å². The Morgan fingerprint density at radius 3 is 1.78 bits per heavy atom. The summed E-state index contributed by atoms with van der Waals surface area (Å²) in [5.41, 5.74) is -0.404. The second-order valence-corrected chi connectivity index (χ2v) is 5.50. The summed E-state index contributed by atoms with van der Waals surface area (Å²) in [5, 5.41) is 0. The van der Waals surface area contributed by atoms with Crippen LogP contribution < -0.4 is 0 Å². The van der Waals surface area contributed by atoms with E-state index in [4.69, 9.17) is 0 Å². The zero-order chi connectivity index (χ0) is 17.4. The summed E-state index contributed by atoms with van der Waals surface area (Å²) in [4.78, 5) is 0. The standard InChI is InChI=1S/C17H14F6/c1-10-3-5-13(12(7-10)9-16(18,19)20)14-6-4-11(2)8-15(14)17(21,22)23/h3-8H,9H2,1-2H3. The topological polar surface area (TPSA) is 0 Å². The SMILES string of the molecule is Cc1ccc(-c2ccc(C)cc2C(F)(F)F)c(CC(F)(F)F)c1. The first-order valence-electron chi connectivity index (χ1n) is 6.82. The molecule has 2 rings (SSSR count). The van der Waals surface area contributed by atoms with Gasteiger partial charge in [-0.3, -0.25) is 0 Å². The van der Waals surface area contributed by atoms with Crippen molar-refractivity contribution in [2.75, 3.05) is 0 Å². The summed E-state index contributed by atoms with van der Waals surface area (Å²) in [6.45, 7) is 3.11. The molecule has 0 aliphatic carbocycles. The van der Waals surface area contributed by atoms with Crippen molar-refractivity contribution in [3.8, 4) is 11.1 Å². The minimum atomic E-state index is -4.64. The average Bonchev–Trinajstić information content (AvgIpc) is 2.36. The number of hydrogen-bond acceptors (Lipinski definition) is 0. The number of benzene rings is 2. The maximum Gasteiger partial charge on any atom is 0.417 e. The molecule has 23 heavy (non-hydrogen) atoms. The fourth-order valence-corrected chi connectivity index (χ4v) is 2.47. The molecule has 0 atom stereocenters. The van der Waals surface area contributed by atoms with Crippen LogP contribution in [0.25, 0.3) is 11.1 Å². The Balaban J connectivity index is 2.68. The molecule has 0 radical (unpaired) electrons. The van der Waals surface area contributed by atoms with Gasteiger partial charge in [-0.25, -0.2) is 0 Å². The van der Waals surface area contributed by atoms with Gasteiger partial charge in [0, 0.05) is 0 Å². The fraction of sp³-hybridized carbons (Fsp3) is 0.294. The van der Waals surface area contributed by atoms with Crippen LogP contribution in [0, 0.1) is 13.8 Å². The van der Waals surface area contributed by atoms with Gasteiger partial charge in [-0.15, -0.1) is 0 Å². The molecule has 0 fully saturated rings. The Morgan fingerprint density at radius 1 is 0.739 bits per heavy atom. The fourth-order valence-electron chi connectivity index (χ4n) is 2.47. The summed E-state index contributed by atoms with van der Waals surface area (Å²) >= 11 is 0. The third kappa shape index (κ3) is 4.27. The van der Waals surface area contributed by atoms with Crippen molar-refractivity contribution in [3.05, 3.63) is 58.7 Å². The zero-order valence-corrected chi connectivity index (χ0v) is 12.4. The van der Waals surface area contributed by atoms with Gasteiger partial charge in [-0.05, 0) is 36.6 Å². The van der Waals surface area contributed by atoms with E-state index in [0.717, 1.165) is 6.07 Å². The normalized spacial score (nSPS) is 12.5. The molecule has 0 saturated carbocycles. The van der Waals surface area contributed by atoms with Gasteiger partial charge in [0.15, 0.2) is 0 Å². The Kier molecular flexibility index (Phi) is 4.46. The Hall–Kier alpha value is -1.98. The van der Waals surface area contributed by atoms with Crippen LogP contribution in [0.5, 0.6) is 0 Å². The average molecular weight is 332 g/mol. The van der Waals surface area contributed by atoms with Crippen molar-refractivity contribution >= 4 is 0 Å². The van der Waals surface area contributed by atoms with E-state index in [0.29, 0.717) is 11.1 Å².